The van der Waals surface area contributed by atoms with E-state index >= 15 is 0 Å². The highest BCUT2D eigenvalue weighted by Crippen LogP contribution is 2.30. The zero-order valence-electron chi connectivity index (χ0n) is 10.3. The molecule has 1 atom stereocenters. The molecule has 19 heavy (non-hydrogen) atoms. The van der Waals surface area contributed by atoms with E-state index in [0.29, 0.717) is 17.1 Å². The molecule has 2 rings (SSSR count). The first-order valence-electron chi connectivity index (χ1n) is 5.77. The molecule has 0 fully saturated rings. The zero-order chi connectivity index (χ0) is 13.8. The van der Waals surface area contributed by atoms with Crippen molar-refractivity contribution in [3.63, 3.8) is 0 Å². The molecule has 98 valence electrons. The van der Waals surface area contributed by atoms with Gasteiger partial charge in [0.2, 0.25) is 0 Å². The number of ether oxygens (including phenoxy) is 1. The van der Waals surface area contributed by atoms with Crippen LogP contribution in [0.2, 0.25) is 0 Å². The number of nitro groups is 1. The maximum Gasteiger partial charge on any atom is 0.273 e. The van der Waals surface area contributed by atoms with E-state index in [0.717, 1.165) is 0 Å². The van der Waals surface area contributed by atoms with Gasteiger partial charge in [-0.25, -0.2) is 0 Å². The van der Waals surface area contributed by atoms with Gasteiger partial charge in [0.05, 0.1) is 17.1 Å². The number of nitrogens with zero attached hydrogens (tertiary/aromatic N) is 1. The molecule has 5 nitrogen and oxygen atoms in total. The van der Waals surface area contributed by atoms with Crippen LogP contribution in [0.25, 0.3) is 0 Å². The molecule has 0 saturated carbocycles. The summed E-state index contributed by atoms with van der Waals surface area (Å²) < 4.78 is 5.60. The van der Waals surface area contributed by atoms with E-state index in [9.17, 15) is 15.2 Å². The van der Waals surface area contributed by atoms with Crippen molar-refractivity contribution in [2.24, 2.45) is 0 Å². The average molecular weight is 259 g/mol. The summed E-state index contributed by atoms with van der Waals surface area (Å²) in [6.45, 7) is 1.63. The number of rotatable bonds is 4. The van der Waals surface area contributed by atoms with Gasteiger partial charge < -0.3 is 9.84 Å². The van der Waals surface area contributed by atoms with Crippen molar-refractivity contribution in [2.75, 3.05) is 0 Å². The summed E-state index contributed by atoms with van der Waals surface area (Å²) in [4.78, 5) is 10.2. The Bertz CT molecular complexity index is 596. The third-order valence-electron chi connectivity index (χ3n) is 2.63. The normalized spacial score (nSPS) is 11.9. The smallest absolute Gasteiger partial charge is 0.273 e. The Kier molecular flexibility index (Phi) is 3.77. The standard InChI is InChI=1S/C14H13NO4/c1-10(16)13-7-2-3-8-14(13)19-12-6-4-5-11(9-12)15(17)18/h2-10,16H,1H3. The van der Waals surface area contributed by atoms with Gasteiger partial charge in [-0.15, -0.1) is 0 Å². The van der Waals surface area contributed by atoms with Crippen LogP contribution in [-0.2, 0) is 0 Å². The van der Waals surface area contributed by atoms with Gasteiger partial charge >= 0.3 is 0 Å². The number of hydrogen-bond acceptors (Lipinski definition) is 4. The lowest BCUT2D eigenvalue weighted by molar-refractivity contribution is -0.384. The Labute approximate surface area is 110 Å². The molecule has 0 aliphatic carbocycles. The fraction of sp³-hybridized carbons (Fsp3) is 0.143. The monoisotopic (exact) mass is 259 g/mol. The van der Waals surface area contributed by atoms with E-state index in [4.69, 9.17) is 4.74 Å². The molecule has 0 spiro atoms. The highest BCUT2D eigenvalue weighted by molar-refractivity contribution is 5.43. The Balaban J connectivity index is 2.31. The van der Waals surface area contributed by atoms with Gasteiger partial charge in [0.1, 0.15) is 11.5 Å². The first-order chi connectivity index (χ1) is 9.08. The van der Waals surface area contributed by atoms with E-state index < -0.39 is 11.0 Å². The summed E-state index contributed by atoms with van der Waals surface area (Å²) in [6.07, 6.45) is -0.671. The first kappa shape index (κ1) is 13.0. The zero-order valence-corrected chi connectivity index (χ0v) is 10.3. The number of hydrogen-bond donors (Lipinski definition) is 1. The van der Waals surface area contributed by atoms with Crippen LogP contribution < -0.4 is 4.74 Å². The molecule has 1 N–H and O–H groups in total. The molecule has 0 heterocycles. The third-order valence-corrected chi connectivity index (χ3v) is 2.63. The number of benzene rings is 2. The van der Waals surface area contributed by atoms with Gasteiger partial charge in [-0.05, 0) is 19.1 Å². The van der Waals surface area contributed by atoms with Crippen molar-refractivity contribution in [1.82, 2.24) is 0 Å². The lowest BCUT2D eigenvalue weighted by Crippen LogP contribution is -1.96. The van der Waals surface area contributed by atoms with E-state index in [-0.39, 0.29) is 5.69 Å². The van der Waals surface area contributed by atoms with E-state index in [1.54, 1.807) is 43.3 Å². The SMILES string of the molecule is CC(O)c1ccccc1Oc1cccc([N+](=O)[O-])c1. The number of aliphatic hydroxyl groups excluding tert-OH is 1. The minimum atomic E-state index is -0.671. The molecule has 5 heteroatoms. The second kappa shape index (κ2) is 5.49. The summed E-state index contributed by atoms with van der Waals surface area (Å²) in [6, 6.07) is 13.0. The quantitative estimate of drug-likeness (QED) is 0.674. The van der Waals surface area contributed by atoms with Crippen LogP contribution in [0.4, 0.5) is 5.69 Å². The topological polar surface area (TPSA) is 72.6 Å². The second-order valence-electron chi connectivity index (χ2n) is 4.07. The van der Waals surface area contributed by atoms with Gasteiger partial charge in [0.25, 0.3) is 5.69 Å². The molecular formula is C14H13NO4. The highest BCUT2D eigenvalue weighted by Gasteiger charge is 2.11. The second-order valence-corrected chi connectivity index (χ2v) is 4.07. The van der Waals surface area contributed by atoms with Crippen molar-refractivity contribution in [3.05, 3.63) is 64.2 Å². The molecular weight excluding hydrogens is 246 g/mol. The highest BCUT2D eigenvalue weighted by atomic mass is 16.6. The van der Waals surface area contributed by atoms with Crippen molar-refractivity contribution >= 4 is 5.69 Å². The molecule has 1 unspecified atom stereocenters. The minimum Gasteiger partial charge on any atom is -0.457 e. The van der Waals surface area contributed by atoms with Gasteiger partial charge in [-0.2, -0.15) is 0 Å². The van der Waals surface area contributed by atoms with Gasteiger partial charge in [-0.3, -0.25) is 10.1 Å². The Morgan fingerprint density at radius 2 is 1.95 bits per heavy atom. The van der Waals surface area contributed by atoms with E-state index in [1.807, 2.05) is 0 Å². The summed E-state index contributed by atoms with van der Waals surface area (Å²) in [5.74, 6) is 0.847. The van der Waals surface area contributed by atoms with Crippen molar-refractivity contribution in [2.45, 2.75) is 13.0 Å². The lowest BCUT2D eigenvalue weighted by Gasteiger charge is -2.12. The molecule has 0 aliphatic rings. The number of aliphatic hydroxyl groups is 1. The summed E-state index contributed by atoms with van der Waals surface area (Å²) in [5, 5.41) is 20.3. The van der Waals surface area contributed by atoms with Crippen LogP contribution in [-0.4, -0.2) is 10.0 Å². The van der Waals surface area contributed by atoms with E-state index in [2.05, 4.69) is 0 Å². The van der Waals surface area contributed by atoms with Crippen molar-refractivity contribution < 1.29 is 14.8 Å². The van der Waals surface area contributed by atoms with E-state index in [1.165, 1.54) is 12.1 Å². The molecule has 0 aromatic heterocycles. The van der Waals surface area contributed by atoms with Crippen LogP contribution >= 0.6 is 0 Å². The lowest BCUT2D eigenvalue weighted by atomic mass is 10.1. The number of para-hydroxylation sites is 1. The van der Waals surface area contributed by atoms with Gasteiger partial charge in [0, 0.05) is 11.6 Å². The predicted molar refractivity (Wildman–Crippen MR) is 70.2 cm³/mol. The van der Waals surface area contributed by atoms with Crippen molar-refractivity contribution in [3.8, 4) is 11.5 Å². The maximum absolute atomic E-state index is 10.7. The molecule has 0 bridgehead atoms. The summed E-state index contributed by atoms with van der Waals surface area (Å²) in [7, 11) is 0. The summed E-state index contributed by atoms with van der Waals surface area (Å²) in [5.41, 5.74) is 0.598. The average Bonchev–Trinajstić information content (AvgIpc) is 2.39. The Morgan fingerprint density at radius 1 is 1.21 bits per heavy atom. The van der Waals surface area contributed by atoms with Crippen LogP contribution in [0.15, 0.2) is 48.5 Å². The molecule has 0 aliphatic heterocycles. The first-order valence-corrected chi connectivity index (χ1v) is 5.77. The number of nitro benzene ring substituents is 1. The van der Waals surface area contributed by atoms with Crippen LogP contribution in [0, 0.1) is 10.1 Å². The fourth-order valence-electron chi connectivity index (χ4n) is 1.71. The van der Waals surface area contributed by atoms with Gasteiger partial charge in [0.15, 0.2) is 0 Å². The summed E-state index contributed by atoms with van der Waals surface area (Å²) >= 11 is 0. The maximum atomic E-state index is 10.7. The van der Waals surface area contributed by atoms with Crippen molar-refractivity contribution in [1.29, 1.82) is 0 Å². The molecule has 0 radical (unpaired) electrons. The molecule has 2 aromatic rings. The molecule has 0 saturated heterocycles. The molecule has 0 amide bonds. The Hall–Kier alpha value is -2.40. The fourth-order valence-corrected chi connectivity index (χ4v) is 1.71. The number of non-ortho nitro benzene ring substituents is 1. The minimum absolute atomic E-state index is 0.0352. The third kappa shape index (κ3) is 3.08. The largest absolute Gasteiger partial charge is 0.457 e. The predicted octanol–water partition coefficient (Wildman–Crippen LogP) is 3.44. The van der Waals surface area contributed by atoms with Gasteiger partial charge in [-0.1, -0.05) is 24.3 Å². The Morgan fingerprint density at radius 3 is 2.63 bits per heavy atom. The van der Waals surface area contributed by atoms with Crippen LogP contribution in [0.3, 0.4) is 0 Å². The van der Waals surface area contributed by atoms with Crippen LogP contribution in [0.1, 0.15) is 18.6 Å². The molecule has 2 aromatic carbocycles. The van der Waals surface area contributed by atoms with Crippen LogP contribution in [0.5, 0.6) is 11.5 Å².